The van der Waals surface area contributed by atoms with E-state index in [4.69, 9.17) is 0 Å². The van der Waals surface area contributed by atoms with Gasteiger partial charge in [-0.3, -0.25) is 0 Å². The van der Waals surface area contributed by atoms with Gasteiger partial charge in [0.05, 0.1) is 0 Å². The molecule has 0 aromatic heterocycles. The molecule has 0 atom stereocenters. The lowest BCUT2D eigenvalue weighted by Crippen LogP contribution is -2.17. The third-order valence-electron chi connectivity index (χ3n) is 2.45. The summed E-state index contributed by atoms with van der Waals surface area (Å²) in [6.07, 6.45) is 4.42. The molecule has 0 radical (unpaired) electrons. The Bertz CT molecular complexity index is 222. The zero-order valence-corrected chi connectivity index (χ0v) is 8.60. The molecule has 1 nitrogen and oxygen atoms in total. The Morgan fingerprint density at radius 2 is 1.85 bits per heavy atom. The van der Waals surface area contributed by atoms with E-state index in [0.29, 0.717) is 0 Å². The molecular weight excluding hydrogens is 158 g/mol. The van der Waals surface area contributed by atoms with E-state index in [0.717, 1.165) is 25.8 Å². The van der Waals surface area contributed by atoms with Gasteiger partial charge >= 0.3 is 0 Å². The standard InChI is InChI=1S/C12H19N/c1-5-6-10(2)9-13-11(3)7-8-12(13)4/h2-9H2,1H3. The SMILES string of the molecule is C=C(CCC)CN1C(=C)CCC1=C. The molecule has 0 aromatic rings. The van der Waals surface area contributed by atoms with Gasteiger partial charge in [-0.25, -0.2) is 0 Å². The summed E-state index contributed by atoms with van der Waals surface area (Å²) >= 11 is 0. The Morgan fingerprint density at radius 1 is 1.31 bits per heavy atom. The zero-order valence-electron chi connectivity index (χ0n) is 8.60. The first-order valence-electron chi connectivity index (χ1n) is 4.95. The Hall–Kier alpha value is -0.980. The van der Waals surface area contributed by atoms with E-state index in [9.17, 15) is 0 Å². The van der Waals surface area contributed by atoms with Gasteiger partial charge in [0, 0.05) is 17.9 Å². The molecule has 0 aliphatic carbocycles. The van der Waals surface area contributed by atoms with E-state index in [1.165, 1.54) is 23.4 Å². The van der Waals surface area contributed by atoms with Gasteiger partial charge in [0.25, 0.3) is 0 Å². The average molecular weight is 177 g/mol. The minimum Gasteiger partial charge on any atom is -0.346 e. The monoisotopic (exact) mass is 177 g/mol. The van der Waals surface area contributed by atoms with Gasteiger partial charge < -0.3 is 4.90 Å². The zero-order chi connectivity index (χ0) is 9.84. The summed E-state index contributed by atoms with van der Waals surface area (Å²) < 4.78 is 0. The smallest absolute Gasteiger partial charge is 0.0432 e. The topological polar surface area (TPSA) is 3.24 Å². The van der Waals surface area contributed by atoms with Crippen molar-refractivity contribution in [1.29, 1.82) is 0 Å². The van der Waals surface area contributed by atoms with Crippen molar-refractivity contribution in [1.82, 2.24) is 4.90 Å². The first-order chi connectivity index (χ1) is 6.15. The molecule has 1 heteroatoms. The molecule has 0 unspecified atom stereocenters. The molecule has 1 aliphatic rings. The third kappa shape index (κ3) is 2.48. The van der Waals surface area contributed by atoms with Gasteiger partial charge in [0.1, 0.15) is 0 Å². The second-order valence-corrected chi connectivity index (χ2v) is 3.72. The predicted octanol–water partition coefficient (Wildman–Crippen LogP) is 3.47. The second kappa shape index (κ2) is 4.31. The van der Waals surface area contributed by atoms with Gasteiger partial charge in [-0.1, -0.05) is 38.7 Å². The molecule has 0 bridgehead atoms. The summed E-state index contributed by atoms with van der Waals surface area (Å²) in [5, 5.41) is 0. The van der Waals surface area contributed by atoms with E-state index < -0.39 is 0 Å². The fourth-order valence-electron chi connectivity index (χ4n) is 1.66. The van der Waals surface area contributed by atoms with Crippen LogP contribution in [-0.4, -0.2) is 11.4 Å². The molecule has 1 saturated heterocycles. The Labute approximate surface area is 81.4 Å². The quantitative estimate of drug-likeness (QED) is 0.594. The van der Waals surface area contributed by atoms with Crippen LogP contribution >= 0.6 is 0 Å². The summed E-state index contributed by atoms with van der Waals surface area (Å²) in [4.78, 5) is 2.21. The predicted molar refractivity (Wildman–Crippen MR) is 58.3 cm³/mol. The van der Waals surface area contributed by atoms with Crippen LogP contribution in [0.4, 0.5) is 0 Å². The maximum atomic E-state index is 4.05. The molecule has 0 spiro atoms. The molecule has 0 amide bonds. The molecule has 1 aliphatic heterocycles. The lowest BCUT2D eigenvalue weighted by Gasteiger charge is -2.21. The van der Waals surface area contributed by atoms with Crippen molar-refractivity contribution in [3.05, 3.63) is 36.7 Å². The van der Waals surface area contributed by atoms with Crippen LogP contribution in [-0.2, 0) is 0 Å². The highest BCUT2D eigenvalue weighted by Crippen LogP contribution is 2.28. The van der Waals surface area contributed by atoms with Crippen LogP contribution in [0.2, 0.25) is 0 Å². The van der Waals surface area contributed by atoms with Crippen molar-refractivity contribution in [2.24, 2.45) is 0 Å². The van der Waals surface area contributed by atoms with E-state index in [1.807, 2.05) is 0 Å². The van der Waals surface area contributed by atoms with Gasteiger partial charge in [0.15, 0.2) is 0 Å². The second-order valence-electron chi connectivity index (χ2n) is 3.72. The maximum Gasteiger partial charge on any atom is 0.0432 e. The van der Waals surface area contributed by atoms with E-state index in [1.54, 1.807) is 0 Å². The number of rotatable bonds is 4. The van der Waals surface area contributed by atoms with Crippen molar-refractivity contribution in [2.75, 3.05) is 6.54 Å². The highest BCUT2D eigenvalue weighted by molar-refractivity contribution is 5.19. The summed E-state index contributed by atoms with van der Waals surface area (Å²) in [6.45, 7) is 15.2. The van der Waals surface area contributed by atoms with Crippen LogP contribution in [0, 0.1) is 0 Å². The maximum absolute atomic E-state index is 4.05. The number of hydrogen-bond acceptors (Lipinski definition) is 1. The number of allylic oxidation sites excluding steroid dienone is 2. The molecule has 72 valence electrons. The van der Waals surface area contributed by atoms with Crippen molar-refractivity contribution in [3.63, 3.8) is 0 Å². The number of likely N-dealkylation sites (tertiary alicyclic amines) is 1. The Kier molecular flexibility index (Phi) is 3.35. The molecule has 1 fully saturated rings. The van der Waals surface area contributed by atoms with E-state index in [-0.39, 0.29) is 0 Å². The molecule has 0 aromatic carbocycles. The first-order valence-corrected chi connectivity index (χ1v) is 4.95. The Morgan fingerprint density at radius 3 is 2.31 bits per heavy atom. The summed E-state index contributed by atoms with van der Waals surface area (Å²) in [5.41, 5.74) is 3.68. The average Bonchev–Trinajstić information content (AvgIpc) is 2.36. The lowest BCUT2D eigenvalue weighted by atomic mass is 10.1. The largest absolute Gasteiger partial charge is 0.346 e. The van der Waals surface area contributed by atoms with Gasteiger partial charge in [-0.05, 0) is 19.3 Å². The number of hydrogen-bond donors (Lipinski definition) is 0. The first kappa shape index (κ1) is 10.1. The third-order valence-corrected chi connectivity index (χ3v) is 2.45. The summed E-state index contributed by atoms with van der Waals surface area (Å²) in [6, 6.07) is 0. The number of nitrogens with zero attached hydrogens (tertiary/aromatic N) is 1. The highest BCUT2D eigenvalue weighted by Gasteiger charge is 2.18. The molecule has 0 saturated carbocycles. The summed E-state index contributed by atoms with van der Waals surface area (Å²) in [5.74, 6) is 0. The fraction of sp³-hybridized carbons (Fsp3) is 0.500. The van der Waals surface area contributed by atoms with Crippen LogP contribution in [0.3, 0.4) is 0 Å². The fourth-order valence-corrected chi connectivity index (χ4v) is 1.66. The minimum atomic E-state index is 0.922. The van der Waals surface area contributed by atoms with Crippen LogP contribution in [0.1, 0.15) is 32.6 Å². The van der Waals surface area contributed by atoms with Crippen LogP contribution < -0.4 is 0 Å². The highest BCUT2D eigenvalue weighted by atomic mass is 15.2. The normalized spacial score (nSPS) is 16.8. The van der Waals surface area contributed by atoms with Crippen molar-refractivity contribution < 1.29 is 0 Å². The van der Waals surface area contributed by atoms with Crippen molar-refractivity contribution >= 4 is 0 Å². The molecule has 1 rings (SSSR count). The molecule has 13 heavy (non-hydrogen) atoms. The van der Waals surface area contributed by atoms with Crippen LogP contribution in [0.5, 0.6) is 0 Å². The lowest BCUT2D eigenvalue weighted by molar-refractivity contribution is 0.490. The molecular formula is C12H19N. The van der Waals surface area contributed by atoms with E-state index >= 15 is 0 Å². The summed E-state index contributed by atoms with van der Waals surface area (Å²) in [7, 11) is 0. The van der Waals surface area contributed by atoms with Gasteiger partial charge in [-0.15, -0.1) is 0 Å². The van der Waals surface area contributed by atoms with Gasteiger partial charge in [0.2, 0.25) is 0 Å². The van der Waals surface area contributed by atoms with E-state index in [2.05, 4.69) is 31.6 Å². The Balaban J connectivity index is 2.48. The minimum absolute atomic E-state index is 0.922. The van der Waals surface area contributed by atoms with Crippen LogP contribution in [0.15, 0.2) is 36.7 Å². The van der Waals surface area contributed by atoms with Crippen molar-refractivity contribution in [3.8, 4) is 0 Å². The van der Waals surface area contributed by atoms with Gasteiger partial charge in [-0.2, -0.15) is 0 Å². The molecule has 0 N–H and O–H groups in total. The molecule has 1 heterocycles. The van der Waals surface area contributed by atoms with Crippen LogP contribution in [0.25, 0.3) is 0 Å². The van der Waals surface area contributed by atoms with Crippen molar-refractivity contribution in [2.45, 2.75) is 32.6 Å².